The van der Waals surface area contributed by atoms with E-state index in [4.69, 9.17) is 4.74 Å². The highest BCUT2D eigenvalue weighted by atomic mass is 127. The monoisotopic (exact) mass is 362 g/mol. The average molecular weight is 362 g/mol. The molecule has 0 bridgehead atoms. The molecule has 0 amide bonds. The number of halogens is 1. The van der Waals surface area contributed by atoms with Crippen LogP contribution in [-0.2, 0) is 0 Å². The van der Waals surface area contributed by atoms with Crippen LogP contribution in [0.1, 0.15) is 10.5 Å². The van der Waals surface area contributed by atoms with E-state index in [1.165, 1.54) is 6.33 Å². The van der Waals surface area contributed by atoms with Crippen LogP contribution in [0.25, 0.3) is 11.4 Å². The molecule has 0 aliphatic carbocycles. The Morgan fingerprint density at radius 1 is 1.47 bits per heavy atom. The molecule has 2 heterocycles. The first-order chi connectivity index (χ1) is 8.28. The molecule has 17 heavy (non-hydrogen) atoms. The number of hydrogen-bond donors (Lipinski definition) is 0. The largest absolute Gasteiger partial charge is 0.481 e. The highest BCUT2D eigenvalue weighted by molar-refractivity contribution is 14.2. The van der Waals surface area contributed by atoms with Crippen molar-refractivity contribution in [3.05, 3.63) is 24.2 Å². The molecule has 6 nitrogen and oxygen atoms in total. The highest BCUT2D eigenvalue weighted by Gasteiger charge is 2.11. The first-order valence-corrected chi connectivity index (χ1v) is 8.63. The van der Waals surface area contributed by atoms with Crippen molar-refractivity contribution >= 4 is 34.7 Å². The molecule has 0 saturated carbocycles. The fourth-order valence-electron chi connectivity index (χ4n) is 1.30. The van der Waals surface area contributed by atoms with E-state index in [1.54, 1.807) is 23.7 Å². The Balaban J connectivity index is 2.50. The zero-order chi connectivity index (χ0) is 12.3. The number of nitrogens with zero attached hydrogens (tertiary/aromatic N) is 4. The molecule has 1 atom stereocenters. The predicted octanol–water partition coefficient (Wildman–Crippen LogP) is 1.95. The maximum Gasteiger partial charge on any atom is 0.216 e. The molecule has 0 aliphatic rings. The fourth-order valence-corrected chi connectivity index (χ4v) is 2.82. The van der Waals surface area contributed by atoms with Crippen LogP contribution in [0.5, 0.6) is 5.88 Å². The summed E-state index contributed by atoms with van der Waals surface area (Å²) in [4.78, 5) is 18.8. The van der Waals surface area contributed by atoms with Gasteiger partial charge in [0.05, 0.1) is 24.9 Å². The van der Waals surface area contributed by atoms with Gasteiger partial charge in [-0.3, -0.25) is 4.79 Å². The van der Waals surface area contributed by atoms with Gasteiger partial charge in [-0.2, -0.15) is 5.10 Å². The molecular formula is C9H8IN4O2P. The second-order valence-electron chi connectivity index (χ2n) is 3.01. The lowest BCUT2D eigenvalue weighted by Gasteiger charge is -2.03. The van der Waals surface area contributed by atoms with Crippen LogP contribution in [0.15, 0.2) is 18.5 Å². The summed E-state index contributed by atoms with van der Waals surface area (Å²) in [5, 5.41) is 4.13. The normalized spacial score (nSPS) is 10.9. The highest BCUT2D eigenvalue weighted by Crippen LogP contribution is 2.31. The van der Waals surface area contributed by atoms with Crippen LogP contribution in [0, 0.1) is 0 Å². The lowest BCUT2D eigenvalue weighted by atomic mass is 10.3. The number of methoxy groups -OCH3 is 1. The maximum absolute atomic E-state index is 10.7. The summed E-state index contributed by atoms with van der Waals surface area (Å²) < 4.78 is 6.76. The summed E-state index contributed by atoms with van der Waals surface area (Å²) in [6.07, 6.45) is 2.53. The molecule has 88 valence electrons. The van der Waals surface area contributed by atoms with E-state index in [0.717, 1.165) is 12.0 Å². The number of carbonyl (C=O) groups excluding carboxylic acids is 1. The topological polar surface area (TPSA) is 69.9 Å². The van der Waals surface area contributed by atoms with Gasteiger partial charge in [0.25, 0.3) is 0 Å². The van der Waals surface area contributed by atoms with Gasteiger partial charge in [0, 0.05) is 6.07 Å². The molecule has 0 aromatic carbocycles. The number of carbonyl (C=O) groups is 1. The van der Waals surface area contributed by atoms with E-state index in [1.807, 2.05) is 0 Å². The van der Waals surface area contributed by atoms with Gasteiger partial charge < -0.3 is 4.74 Å². The van der Waals surface area contributed by atoms with Crippen LogP contribution in [-0.4, -0.2) is 32.9 Å². The maximum atomic E-state index is 10.7. The lowest BCUT2D eigenvalue weighted by molar-refractivity contribution is 0.111. The van der Waals surface area contributed by atoms with Crippen LogP contribution in [0.4, 0.5) is 0 Å². The van der Waals surface area contributed by atoms with Gasteiger partial charge in [0.2, 0.25) is 5.88 Å². The SMILES string of the molecule is COc1cc(-c2cc(C=O)nn2PI)ncn1. The quantitative estimate of drug-likeness (QED) is 0.473. The molecule has 2 aromatic heterocycles. The van der Waals surface area contributed by atoms with Crippen LogP contribution < -0.4 is 4.74 Å². The second-order valence-corrected chi connectivity index (χ2v) is 5.05. The van der Waals surface area contributed by atoms with Gasteiger partial charge in [-0.05, 0) is 28.1 Å². The smallest absolute Gasteiger partial charge is 0.216 e. The minimum atomic E-state index is 0.391. The predicted molar refractivity (Wildman–Crippen MR) is 72.9 cm³/mol. The molecule has 0 spiro atoms. The van der Waals surface area contributed by atoms with E-state index in [-0.39, 0.29) is 0 Å². The van der Waals surface area contributed by atoms with Crippen molar-refractivity contribution in [2.45, 2.75) is 0 Å². The fraction of sp³-hybridized carbons (Fsp3) is 0.111. The van der Waals surface area contributed by atoms with E-state index in [0.29, 0.717) is 23.6 Å². The summed E-state index contributed by atoms with van der Waals surface area (Å²) in [5.74, 6) is 0.479. The van der Waals surface area contributed by atoms with Gasteiger partial charge in [0.1, 0.15) is 12.0 Å². The van der Waals surface area contributed by atoms with E-state index in [2.05, 4.69) is 37.1 Å². The molecular weight excluding hydrogens is 354 g/mol. The van der Waals surface area contributed by atoms with Gasteiger partial charge in [-0.25, -0.2) is 14.4 Å². The molecule has 0 fully saturated rings. The molecule has 2 aromatic rings. The first kappa shape index (κ1) is 12.4. The molecule has 8 heteroatoms. The van der Waals surface area contributed by atoms with Crippen LogP contribution >= 0.6 is 28.4 Å². The third-order valence-corrected chi connectivity index (χ3v) is 3.91. The third kappa shape index (κ3) is 2.61. The van der Waals surface area contributed by atoms with Crippen molar-refractivity contribution in [1.29, 1.82) is 0 Å². The second kappa shape index (κ2) is 5.50. The Hall–Kier alpha value is -1.08. The molecule has 1 unspecified atom stereocenters. The number of aldehydes is 1. The van der Waals surface area contributed by atoms with Crippen molar-refractivity contribution in [3.8, 4) is 17.3 Å². The molecule has 0 aliphatic heterocycles. The number of hydrogen-bond acceptors (Lipinski definition) is 5. The van der Waals surface area contributed by atoms with Crippen LogP contribution in [0.3, 0.4) is 0 Å². The summed E-state index contributed by atoms with van der Waals surface area (Å²) >= 11 is 2.19. The lowest BCUT2D eigenvalue weighted by Crippen LogP contribution is -1.94. The van der Waals surface area contributed by atoms with E-state index >= 15 is 0 Å². The number of ether oxygens (including phenoxy) is 1. The third-order valence-electron chi connectivity index (χ3n) is 2.04. The Morgan fingerprint density at radius 2 is 2.29 bits per heavy atom. The summed E-state index contributed by atoms with van der Waals surface area (Å²) in [6, 6.07) is 3.40. The molecule has 0 N–H and O–H groups in total. The zero-order valence-electron chi connectivity index (χ0n) is 8.79. The Kier molecular flexibility index (Phi) is 4.01. The van der Waals surface area contributed by atoms with Gasteiger partial charge in [0.15, 0.2) is 6.29 Å². The zero-order valence-corrected chi connectivity index (χ0v) is 12.0. The Labute approximate surface area is 112 Å². The van der Waals surface area contributed by atoms with Crippen molar-refractivity contribution in [3.63, 3.8) is 0 Å². The van der Waals surface area contributed by atoms with E-state index in [9.17, 15) is 4.79 Å². The van der Waals surface area contributed by atoms with Crippen LogP contribution in [0.2, 0.25) is 0 Å². The van der Waals surface area contributed by atoms with Crippen molar-refractivity contribution in [2.75, 3.05) is 7.11 Å². The Bertz CT molecular complexity index is 546. The summed E-state index contributed by atoms with van der Waals surface area (Å²) in [5.41, 5.74) is 1.85. The minimum Gasteiger partial charge on any atom is -0.481 e. The van der Waals surface area contributed by atoms with E-state index < -0.39 is 0 Å². The van der Waals surface area contributed by atoms with Gasteiger partial charge >= 0.3 is 0 Å². The number of aromatic nitrogens is 4. The number of rotatable bonds is 4. The Morgan fingerprint density at radius 3 is 2.94 bits per heavy atom. The standard InChI is InChI=1S/C9H8IN4O2P/c1-16-9-3-7(11-5-12-9)8-2-6(4-15)13-14(8)17-10/h2-5,17H,1H3. The van der Waals surface area contributed by atoms with Gasteiger partial charge in [-0.15, -0.1) is 0 Å². The van der Waals surface area contributed by atoms with Gasteiger partial charge in [-0.1, -0.05) is 0 Å². The van der Waals surface area contributed by atoms with Crippen molar-refractivity contribution in [1.82, 2.24) is 19.5 Å². The molecule has 2 rings (SSSR count). The molecule has 0 radical (unpaired) electrons. The van der Waals surface area contributed by atoms with Crippen molar-refractivity contribution < 1.29 is 9.53 Å². The first-order valence-electron chi connectivity index (χ1n) is 4.56. The van der Waals surface area contributed by atoms with Crippen molar-refractivity contribution in [2.24, 2.45) is 0 Å². The summed E-state index contributed by atoms with van der Waals surface area (Å²) in [6.45, 7) is 0. The average Bonchev–Trinajstić information content (AvgIpc) is 2.82. The summed E-state index contributed by atoms with van der Waals surface area (Å²) in [7, 11) is 1.54. The minimum absolute atomic E-state index is 0.391. The molecule has 0 saturated heterocycles.